The highest BCUT2D eigenvalue weighted by atomic mass is 35.5. The highest BCUT2D eigenvalue weighted by molar-refractivity contribution is 6.30. The van der Waals surface area contributed by atoms with Crippen LogP contribution >= 0.6 is 24.0 Å². The molecule has 0 spiro atoms. The third kappa shape index (κ3) is 3.12. The first kappa shape index (κ1) is 12.7. The summed E-state index contributed by atoms with van der Waals surface area (Å²) in [5, 5.41) is 8.71. The molecule has 0 saturated carbocycles. The van der Waals surface area contributed by atoms with Crippen LogP contribution in [0.25, 0.3) is 0 Å². The highest BCUT2D eigenvalue weighted by Crippen LogP contribution is 2.19. The van der Waals surface area contributed by atoms with Gasteiger partial charge < -0.3 is 10.8 Å². The lowest BCUT2D eigenvalue weighted by atomic mass is 10.1. The predicted octanol–water partition coefficient (Wildman–Crippen LogP) is 1.89. The molecular formula is C8H10Cl2FNO. The molecule has 0 aliphatic heterocycles. The molecule has 0 amide bonds. The summed E-state index contributed by atoms with van der Waals surface area (Å²) in [4.78, 5) is 0. The second kappa shape index (κ2) is 5.40. The number of rotatable bonds is 2. The first-order valence-electron chi connectivity index (χ1n) is 3.46. The fraction of sp³-hybridized carbons (Fsp3) is 0.250. The Hall–Kier alpha value is -0.350. The Balaban J connectivity index is 0.00000144. The van der Waals surface area contributed by atoms with Gasteiger partial charge in [0, 0.05) is 0 Å². The molecule has 74 valence electrons. The second-order valence-corrected chi connectivity index (χ2v) is 2.87. The lowest BCUT2D eigenvalue weighted by molar-refractivity contribution is 0.268. The lowest BCUT2D eigenvalue weighted by Gasteiger charge is -2.08. The molecule has 1 aromatic rings. The summed E-state index contributed by atoms with van der Waals surface area (Å²) in [6.45, 7) is -0.179. The minimum atomic E-state index is -0.497. The molecular weight excluding hydrogens is 216 g/mol. The minimum absolute atomic E-state index is 0. The number of hydrogen-bond acceptors (Lipinski definition) is 2. The molecule has 0 radical (unpaired) electrons. The van der Waals surface area contributed by atoms with Crippen LogP contribution in [0.4, 0.5) is 4.39 Å². The smallest absolute Gasteiger partial charge is 0.141 e. The van der Waals surface area contributed by atoms with Gasteiger partial charge in [-0.2, -0.15) is 0 Å². The molecule has 0 saturated heterocycles. The van der Waals surface area contributed by atoms with E-state index in [9.17, 15) is 4.39 Å². The maximum atomic E-state index is 12.6. The van der Waals surface area contributed by atoms with Crippen molar-refractivity contribution in [2.24, 2.45) is 5.73 Å². The fourth-order valence-electron chi connectivity index (χ4n) is 0.848. The Labute approximate surface area is 86.9 Å². The molecule has 1 aromatic carbocycles. The Morgan fingerprint density at radius 1 is 1.54 bits per heavy atom. The Morgan fingerprint density at radius 2 is 2.15 bits per heavy atom. The summed E-state index contributed by atoms with van der Waals surface area (Å²) in [7, 11) is 0. The second-order valence-electron chi connectivity index (χ2n) is 2.46. The third-order valence-corrected chi connectivity index (χ3v) is 1.86. The average Bonchev–Trinajstić information content (AvgIpc) is 2.08. The number of halogens is 3. The van der Waals surface area contributed by atoms with Crippen molar-refractivity contribution in [2.45, 2.75) is 6.04 Å². The van der Waals surface area contributed by atoms with E-state index in [1.807, 2.05) is 0 Å². The SMILES string of the molecule is Cl.N[C@@H](CO)c1ccc(F)c(Cl)c1. The van der Waals surface area contributed by atoms with Gasteiger partial charge in [0.15, 0.2) is 0 Å². The monoisotopic (exact) mass is 225 g/mol. The van der Waals surface area contributed by atoms with Gasteiger partial charge in [-0.1, -0.05) is 17.7 Å². The van der Waals surface area contributed by atoms with Gasteiger partial charge in [-0.3, -0.25) is 0 Å². The summed E-state index contributed by atoms with van der Waals surface area (Å²) < 4.78 is 12.6. The molecule has 0 fully saturated rings. The van der Waals surface area contributed by atoms with Gasteiger partial charge in [0.1, 0.15) is 5.82 Å². The van der Waals surface area contributed by atoms with E-state index in [0.717, 1.165) is 0 Å². The summed E-state index contributed by atoms with van der Waals surface area (Å²) in [6.07, 6.45) is 0. The number of aliphatic hydroxyl groups is 1. The molecule has 2 nitrogen and oxygen atoms in total. The van der Waals surface area contributed by atoms with Crippen LogP contribution in [0.5, 0.6) is 0 Å². The Kier molecular flexibility index (Phi) is 5.25. The molecule has 0 aromatic heterocycles. The molecule has 0 heterocycles. The molecule has 3 N–H and O–H groups in total. The molecule has 5 heteroatoms. The van der Waals surface area contributed by atoms with Gasteiger partial charge in [0.05, 0.1) is 17.7 Å². The zero-order chi connectivity index (χ0) is 9.14. The molecule has 13 heavy (non-hydrogen) atoms. The quantitative estimate of drug-likeness (QED) is 0.808. The van der Waals surface area contributed by atoms with E-state index in [1.54, 1.807) is 0 Å². The van der Waals surface area contributed by atoms with Gasteiger partial charge in [-0.15, -0.1) is 12.4 Å². The van der Waals surface area contributed by atoms with Crippen molar-refractivity contribution < 1.29 is 9.50 Å². The van der Waals surface area contributed by atoms with E-state index in [2.05, 4.69) is 0 Å². The van der Waals surface area contributed by atoms with Crippen molar-refractivity contribution in [3.8, 4) is 0 Å². The number of benzene rings is 1. The van der Waals surface area contributed by atoms with E-state index < -0.39 is 11.9 Å². The Bertz CT molecular complexity index is 283. The highest BCUT2D eigenvalue weighted by Gasteiger charge is 2.06. The number of hydrogen-bond donors (Lipinski definition) is 2. The van der Waals surface area contributed by atoms with E-state index in [1.165, 1.54) is 18.2 Å². The summed E-state index contributed by atoms with van der Waals surface area (Å²) in [5.41, 5.74) is 6.11. The lowest BCUT2D eigenvalue weighted by Crippen LogP contribution is -2.14. The first-order chi connectivity index (χ1) is 5.65. The van der Waals surface area contributed by atoms with Crippen LogP contribution in [0.3, 0.4) is 0 Å². The standard InChI is InChI=1S/C8H9ClFNO.ClH/c9-6-3-5(8(11)4-12)1-2-7(6)10;/h1-3,8,12H,4,11H2;1H/t8-;/m0./s1. The number of nitrogens with two attached hydrogens (primary N) is 1. The van der Waals surface area contributed by atoms with Crippen LogP contribution in [0.2, 0.25) is 5.02 Å². The number of aliphatic hydroxyl groups excluding tert-OH is 1. The van der Waals surface area contributed by atoms with Crippen LogP contribution in [0.1, 0.15) is 11.6 Å². The first-order valence-corrected chi connectivity index (χ1v) is 3.84. The minimum Gasteiger partial charge on any atom is -0.394 e. The molecule has 0 bridgehead atoms. The molecule has 1 rings (SSSR count). The average molecular weight is 226 g/mol. The van der Waals surface area contributed by atoms with Crippen LogP contribution < -0.4 is 5.73 Å². The van der Waals surface area contributed by atoms with Crippen molar-refractivity contribution in [3.63, 3.8) is 0 Å². The van der Waals surface area contributed by atoms with E-state index in [-0.39, 0.29) is 24.0 Å². The van der Waals surface area contributed by atoms with Crippen LogP contribution in [0, 0.1) is 5.82 Å². The van der Waals surface area contributed by atoms with Gasteiger partial charge in [0.25, 0.3) is 0 Å². The van der Waals surface area contributed by atoms with Crippen LogP contribution in [0.15, 0.2) is 18.2 Å². The van der Waals surface area contributed by atoms with Crippen molar-refractivity contribution in [3.05, 3.63) is 34.6 Å². The van der Waals surface area contributed by atoms with Gasteiger partial charge in [0.2, 0.25) is 0 Å². The largest absolute Gasteiger partial charge is 0.394 e. The van der Waals surface area contributed by atoms with Gasteiger partial charge in [-0.05, 0) is 17.7 Å². The predicted molar refractivity (Wildman–Crippen MR) is 52.7 cm³/mol. The van der Waals surface area contributed by atoms with Crippen molar-refractivity contribution >= 4 is 24.0 Å². The molecule has 0 aliphatic rings. The molecule has 0 unspecified atom stereocenters. The summed E-state index contributed by atoms with van der Waals surface area (Å²) >= 11 is 5.50. The fourth-order valence-corrected chi connectivity index (χ4v) is 1.04. The summed E-state index contributed by atoms with van der Waals surface area (Å²) in [6, 6.07) is 3.65. The van der Waals surface area contributed by atoms with E-state index >= 15 is 0 Å². The van der Waals surface area contributed by atoms with Crippen LogP contribution in [-0.2, 0) is 0 Å². The summed E-state index contributed by atoms with van der Waals surface area (Å²) in [5.74, 6) is -0.481. The van der Waals surface area contributed by atoms with E-state index in [0.29, 0.717) is 5.56 Å². The van der Waals surface area contributed by atoms with Crippen molar-refractivity contribution in [1.29, 1.82) is 0 Å². The topological polar surface area (TPSA) is 46.2 Å². The van der Waals surface area contributed by atoms with Gasteiger partial charge in [-0.25, -0.2) is 4.39 Å². The molecule has 0 aliphatic carbocycles. The van der Waals surface area contributed by atoms with Crippen molar-refractivity contribution in [1.82, 2.24) is 0 Å². The maximum Gasteiger partial charge on any atom is 0.141 e. The van der Waals surface area contributed by atoms with Gasteiger partial charge >= 0.3 is 0 Å². The zero-order valence-corrected chi connectivity index (χ0v) is 8.28. The van der Waals surface area contributed by atoms with Crippen molar-refractivity contribution in [2.75, 3.05) is 6.61 Å². The normalized spacial score (nSPS) is 12.0. The third-order valence-electron chi connectivity index (χ3n) is 1.57. The Morgan fingerprint density at radius 3 is 2.62 bits per heavy atom. The zero-order valence-electron chi connectivity index (χ0n) is 6.71. The van der Waals surface area contributed by atoms with Crippen LogP contribution in [-0.4, -0.2) is 11.7 Å². The maximum absolute atomic E-state index is 12.6. The van der Waals surface area contributed by atoms with E-state index in [4.69, 9.17) is 22.4 Å². The molecule has 1 atom stereocenters.